The average molecular weight is 305 g/mol. The van der Waals surface area contributed by atoms with Crippen LogP contribution in [0.25, 0.3) is 0 Å². The van der Waals surface area contributed by atoms with Gasteiger partial charge in [-0.2, -0.15) is 0 Å². The minimum absolute atomic E-state index is 0.00987. The number of hydrogen-bond donors (Lipinski definition) is 3. The molecule has 22 heavy (non-hydrogen) atoms. The number of ketones is 1. The Morgan fingerprint density at radius 2 is 1.86 bits per heavy atom. The number of aliphatic carboxylic acids is 1. The van der Waals surface area contributed by atoms with Crippen LogP contribution in [-0.4, -0.2) is 27.9 Å². The number of carbonyl (C=O) groups is 3. The molecule has 0 aromatic heterocycles. The first kappa shape index (κ1) is 16.0. The van der Waals surface area contributed by atoms with E-state index in [9.17, 15) is 24.6 Å². The molecule has 1 aliphatic carbocycles. The number of benzene rings is 1. The van der Waals surface area contributed by atoms with Crippen molar-refractivity contribution >= 4 is 17.7 Å². The SMILES string of the molecule is CC1CCC(C(=O)N[C@@H](C(=O)O)c2ccc(O)cc2)C(=O)C1. The fraction of sp³-hybridized carbons (Fsp3) is 0.438. The zero-order valence-corrected chi connectivity index (χ0v) is 12.3. The van der Waals surface area contributed by atoms with E-state index in [1.165, 1.54) is 24.3 Å². The van der Waals surface area contributed by atoms with Crippen molar-refractivity contribution in [3.8, 4) is 5.75 Å². The topological polar surface area (TPSA) is 104 Å². The highest BCUT2D eigenvalue weighted by Gasteiger charge is 2.34. The minimum atomic E-state index is -1.24. The zero-order valence-electron chi connectivity index (χ0n) is 12.3. The molecule has 1 saturated carbocycles. The smallest absolute Gasteiger partial charge is 0.330 e. The van der Waals surface area contributed by atoms with Crippen LogP contribution < -0.4 is 5.32 Å². The number of carbonyl (C=O) groups excluding carboxylic acids is 2. The monoisotopic (exact) mass is 305 g/mol. The molecule has 0 heterocycles. The summed E-state index contributed by atoms with van der Waals surface area (Å²) in [6, 6.07) is 4.33. The van der Waals surface area contributed by atoms with Crippen LogP contribution in [0, 0.1) is 11.8 Å². The van der Waals surface area contributed by atoms with Crippen LogP contribution in [0.15, 0.2) is 24.3 Å². The van der Waals surface area contributed by atoms with Gasteiger partial charge in [0.25, 0.3) is 0 Å². The molecule has 2 unspecified atom stereocenters. The number of phenols is 1. The van der Waals surface area contributed by atoms with Gasteiger partial charge in [-0.25, -0.2) is 4.79 Å². The highest BCUT2D eigenvalue weighted by Crippen LogP contribution is 2.26. The first-order valence-corrected chi connectivity index (χ1v) is 7.23. The van der Waals surface area contributed by atoms with E-state index in [1.807, 2.05) is 6.92 Å². The van der Waals surface area contributed by atoms with Crippen LogP contribution in [0.1, 0.15) is 37.8 Å². The third kappa shape index (κ3) is 3.63. The molecule has 3 atom stereocenters. The quantitative estimate of drug-likeness (QED) is 0.734. The molecule has 0 bridgehead atoms. The van der Waals surface area contributed by atoms with E-state index in [0.717, 1.165) is 6.42 Å². The summed E-state index contributed by atoms with van der Waals surface area (Å²) in [5.74, 6) is -2.38. The maximum atomic E-state index is 12.2. The van der Waals surface area contributed by atoms with Crippen LogP contribution in [0.3, 0.4) is 0 Å². The Bertz CT molecular complexity index is 581. The molecule has 1 amide bonds. The molecule has 1 aromatic carbocycles. The van der Waals surface area contributed by atoms with Crippen molar-refractivity contribution in [1.82, 2.24) is 5.32 Å². The van der Waals surface area contributed by atoms with E-state index in [1.54, 1.807) is 0 Å². The summed E-state index contributed by atoms with van der Waals surface area (Å²) >= 11 is 0. The summed E-state index contributed by atoms with van der Waals surface area (Å²) in [6.07, 6.45) is 1.59. The Kier molecular flexibility index (Phi) is 4.80. The van der Waals surface area contributed by atoms with Crippen molar-refractivity contribution in [2.75, 3.05) is 0 Å². The molecule has 3 N–H and O–H groups in total. The van der Waals surface area contributed by atoms with Gasteiger partial charge in [0.15, 0.2) is 6.04 Å². The molecule has 0 saturated heterocycles. The summed E-state index contributed by atoms with van der Waals surface area (Å²) in [5, 5.41) is 21.0. The van der Waals surface area contributed by atoms with Gasteiger partial charge in [0.05, 0.1) is 5.92 Å². The van der Waals surface area contributed by atoms with Gasteiger partial charge < -0.3 is 15.5 Å². The van der Waals surface area contributed by atoms with Crippen molar-refractivity contribution < 1.29 is 24.6 Å². The van der Waals surface area contributed by atoms with Crippen LogP contribution in [0.4, 0.5) is 0 Å². The number of phenolic OH excluding ortho intramolecular Hbond substituents is 1. The second-order valence-electron chi connectivity index (χ2n) is 5.78. The molecular formula is C16H19NO5. The van der Waals surface area contributed by atoms with Crippen molar-refractivity contribution in [3.63, 3.8) is 0 Å². The van der Waals surface area contributed by atoms with E-state index in [0.29, 0.717) is 18.4 Å². The fourth-order valence-electron chi connectivity index (χ4n) is 2.67. The molecule has 6 heteroatoms. The Labute approximate surface area is 128 Å². The number of rotatable bonds is 4. The lowest BCUT2D eigenvalue weighted by molar-refractivity contribution is -0.145. The number of Topliss-reactive ketones (excluding diaryl/α,β-unsaturated/α-hetero) is 1. The van der Waals surface area contributed by atoms with Gasteiger partial charge in [0.1, 0.15) is 11.5 Å². The van der Waals surface area contributed by atoms with Gasteiger partial charge in [-0.3, -0.25) is 9.59 Å². The van der Waals surface area contributed by atoms with E-state index in [2.05, 4.69) is 5.32 Å². The van der Waals surface area contributed by atoms with E-state index in [4.69, 9.17) is 0 Å². The third-order valence-corrected chi connectivity index (χ3v) is 3.96. The molecule has 1 fully saturated rings. The predicted octanol–water partition coefficient (Wildman–Crippen LogP) is 1.64. The Balaban J connectivity index is 2.11. The fourth-order valence-corrected chi connectivity index (χ4v) is 2.67. The molecule has 6 nitrogen and oxygen atoms in total. The normalized spacial score (nSPS) is 22.9. The minimum Gasteiger partial charge on any atom is -0.508 e. The third-order valence-electron chi connectivity index (χ3n) is 3.96. The molecule has 2 rings (SSSR count). The Morgan fingerprint density at radius 1 is 1.23 bits per heavy atom. The maximum Gasteiger partial charge on any atom is 0.330 e. The lowest BCUT2D eigenvalue weighted by atomic mass is 9.81. The molecule has 0 spiro atoms. The lowest BCUT2D eigenvalue weighted by Gasteiger charge is -2.25. The number of amides is 1. The average Bonchev–Trinajstić information content (AvgIpc) is 2.45. The van der Waals surface area contributed by atoms with Gasteiger partial charge >= 0.3 is 5.97 Å². The first-order valence-electron chi connectivity index (χ1n) is 7.23. The van der Waals surface area contributed by atoms with Gasteiger partial charge in [0, 0.05) is 6.42 Å². The van der Waals surface area contributed by atoms with E-state index < -0.39 is 23.8 Å². The van der Waals surface area contributed by atoms with Crippen LogP contribution in [-0.2, 0) is 14.4 Å². The van der Waals surface area contributed by atoms with E-state index in [-0.39, 0.29) is 17.5 Å². The first-order chi connectivity index (χ1) is 10.4. The highest BCUT2D eigenvalue weighted by molar-refractivity contribution is 6.02. The number of carboxylic acids is 1. The van der Waals surface area contributed by atoms with Crippen molar-refractivity contribution in [1.29, 1.82) is 0 Å². The van der Waals surface area contributed by atoms with Crippen LogP contribution in [0.5, 0.6) is 5.75 Å². The summed E-state index contributed by atoms with van der Waals surface area (Å²) < 4.78 is 0. The van der Waals surface area contributed by atoms with Crippen molar-refractivity contribution in [3.05, 3.63) is 29.8 Å². The molecule has 0 radical (unpaired) electrons. The number of aromatic hydroxyl groups is 1. The number of nitrogens with one attached hydrogen (secondary N) is 1. The van der Waals surface area contributed by atoms with Crippen molar-refractivity contribution in [2.45, 2.75) is 32.2 Å². The van der Waals surface area contributed by atoms with Crippen LogP contribution in [0.2, 0.25) is 0 Å². The van der Waals surface area contributed by atoms with Crippen LogP contribution >= 0.6 is 0 Å². The molecule has 1 aliphatic rings. The molecular weight excluding hydrogens is 286 g/mol. The highest BCUT2D eigenvalue weighted by atomic mass is 16.4. The van der Waals surface area contributed by atoms with Crippen molar-refractivity contribution in [2.24, 2.45) is 11.8 Å². The molecule has 0 aliphatic heterocycles. The van der Waals surface area contributed by atoms with Gasteiger partial charge in [0.2, 0.25) is 5.91 Å². The number of carboxylic acid groups (broad SMARTS) is 1. The standard InChI is InChI=1S/C16H19NO5/c1-9-2-7-12(13(19)8-9)15(20)17-14(16(21)22)10-3-5-11(18)6-4-10/h3-6,9,12,14,18H,2,7-8H2,1H3,(H,17,20)(H,21,22)/t9?,12?,14-/m1/s1. The summed E-state index contributed by atoms with van der Waals surface area (Å²) in [7, 11) is 0. The number of hydrogen-bond acceptors (Lipinski definition) is 4. The van der Waals surface area contributed by atoms with Gasteiger partial charge in [-0.1, -0.05) is 19.1 Å². The zero-order chi connectivity index (χ0) is 16.3. The Morgan fingerprint density at radius 3 is 2.41 bits per heavy atom. The predicted molar refractivity (Wildman–Crippen MR) is 78.1 cm³/mol. The van der Waals surface area contributed by atoms with Gasteiger partial charge in [-0.05, 0) is 36.5 Å². The van der Waals surface area contributed by atoms with Gasteiger partial charge in [-0.15, -0.1) is 0 Å². The summed E-state index contributed by atoms with van der Waals surface area (Å²) in [4.78, 5) is 35.5. The largest absolute Gasteiger partial charge is 0.508 e. The lowest BCUT2D eigenvalue weighted by Crippen LogP contribution is -2.42. The Hall–Kier alpha value is -2.37. The second kappa shape index (κ2) is 6.60. The second-order valence-corrected chi connectivity index (χ2v) is 5.78. The summed E-state index contributed by atoms with van der Waals surface area (Å²) in [5.41, 5.74) is 0.343. The molecule has 118 valence electrons. The molecule has 1 aromatic rings. The summed E-state index contributed by atoms with van der Waals surface area (Å²) in [6.45, 7) is 1.96. The maximum absolute atomic E-state index is 12.2. The van der Waals surface area contributed by atoms with E-state index >= 15 is 0 Å².